The quantitative estimate of drug-likeness (QED) is 0.0862. The van der Waals surface area contributed by atoms with Crippen LogP contribution < -0.4 is 0 Å². The zero-order valence-corrected chi connectivity index (χ0v) is 27.1. The molecule has 43 heavy (non-hydrogen) atoms. The average Bonchev–Trinajstić information content (AvgIpc) is 3.06. The molecule has 0 radical (unpaired) electrons. The Hall–Kier alpha value is -2.54. The lowest BCUT2D eigenvalue weighted by Crippen LogP contribution is -2.03. The van der Waals surface area contributed by atoms with Gasteiger partial charge in [0.15, 0.2) is 0 Å². The third-order valence-corrected chi connectivity index (χ3v) is 9.94. The fourth-order valence-corrected chi connectivity index (χ4v) is 7.19. The molecule has 4 rings (SSSR count). The first-order valence-electron chi connectivity index (χ1n) is 15.7. The first kappa shape index (κ1) is 33.4. The van der Waals surface area contributed by atoms with E-state index in [9.17, 15) is 10.2 Å². The van der Waals surface area contributed by atoms with Crippen LogP contribution in [0, 0.1) is 0 Å². The molecule has 0 aliphatic heterocycles. The van der Waals surface area contributed by atoms with Crippen molar-refractivity contribution in [2.75, 3.05) is 0 Å². The van der Waals surface area contributed by atoms with Crippen LogP contribution in [0.3, 0.4) is 0 Å². The van der Waals surface area contributed by atoms with Gasteiger partial charge in [0, 0.05) is 24.1 Å². The Balaban J connectivity index is 1.54. The normalized spacial score (nSPS) is 14.2. The molecular formula is C38H46O3S2. The molecule has 4 unspecified atom stereocenters. The monoisotopic (exact) mass is 614 g/mol. The molecule has 2 N–H and O–H groups in total. The molecule has 0 aliphatic carbocycles. The van der Waals surface area contributed by atoms with Gasteiger partial charge >= 0.3 is 0 Å². The number of benzene rings is 4. The Bertz CT molecular complexity index is 1230. The number of hydrogen-bond donors (Lipinski definition) is 2. The molecule has 0 aromatic heterocycles. The van der Waals surface area contributed by atoms with Gasteiger partial charge in [0.05, 0.1) is 22.7 Å². The molecule has 228 valence electrons. The number of unbranched alkanes of at least 4 members (excludes halogenated alkanes) is 4. The molecule has 4 aromatic carbocycles. The van der Waals surface area contributed by atoms with Crippen LogP contribution in [0.15, 0.2) is 109 Å². The first-order valence-corrected chi connectivity index (χ1v) is 17.4. The minimum absolute atomic E-state index is 0.0559. The lowest BCUT2D eigenvalue weighted by atomic mass is 9.98. The zero-order valence-electron chi connectivity index (χ0n) is 25.5. The highest BCUT2D eigenvalue weighted by atomic mass is 32.2. The molecular weight excluding hydrogens is 569 g/mol. The maximum atomic E-state index is 10.9. The maximum absolute atomic E-state index is 10.9. The van der Waals surface area contributed by atoms with E-state index in [2.05, 4.69) is 86.6 Å². The van der Waals surface area contributed by atoms with Crippen molar-refractivity contribution in [3.05, 3.63) is 143 Å². The Morgan fingerprint density at radius 1 is 0.488 bits per heavy atom. The molecule has 4 atom stereocenters. The summed E-state index contributed by atoms with van der Waals surface area (Å²) in [5.74, 6) is 0. The van der Waals surface area contributed by atoms with Crippen molar-refractivity contribution in [3.63, 3.8) is 0 Å². The van der Waals surface area contributed by atoms with Crippen molar-refractivity contribution in [3.8, 4) is 0 Å². The van der Waals surface area contributed by atoms with Gasteiger partial charge in [0.2, 0.25) is 0 Å². The summed E-state index contributed by atoms with van der Waals surface area (Å²) in [6.07, 6.45) is 7.22. The highest BCUT2D eigenvalue weighted by Crippen LogP contribution is 2.45. The van der Waals surface area contributed by atoms with Crippen molar-refractivity contribution in [1.82, 2.24) is 0 Å². The summed E-state index contributed by atoms with van der Waals surface area (Å²) in [7, 11) is 0. The summed E-state index contributed by atoms with van der Waals surface area (Å²) in [4.78, 5) is 0. The van der Waals surface area contributed by atoms with Crippen LogP contribution in [0.1, 0.15) is 121 Å². The summed E-state index contributed by atoms with van der Waals surface area (Å²) in [6, 6.07) is 37.5. The van der Waals surface area contributed by atoms with Crippen molar-refractivity contribution in [2.24, 2.45) is 0 Å². The van der Waals surface area contributed by atoms with Crippen molar-refractivity contribution < 1.29 is 13.8 Å². The lowest BCUT2D eigenvalue weighted by Gasteiger charge is -2.22. The van der Waals surface area contributed by atoms with E-state index in [0.717, 1.165) is 84.7 Å². The predicted molar refractivity (Wildman–Crippen MR) is 184 cm³/mol. The number of aliphatic hydroxyl groups excluding tert-OH is 2. The van der Waals surface area contributed by atoms with Crippen LogP contribution in [0.5, 0.6) is 0 Å². The van der Waals surface area contributed by atoms with E-state index < -0.39 is 12.2 Å². The number of aliphatic hydroxyl groups is 2. The summed E-state index contributed by atoms with van der Waals surface area (Å²) < 4.78 is 6.44. The van der Waals surface area contributed by atoms with Gasteiger partial charge in [0.25, 0.3) is 0 Å². The zero-order chi connectivity index (χ0) is 30.3. The van der Waals surface area contributed by atoms with E-state index in [-0.39, 0.29) is 10.5 Å². The summed E-state index contributed by atoms with van der Waals surface area (Å²) in [6.45, 7) is 4.37. The molecule has 0 bridgehead atoms. The topological polar surface area (TPSA) is 49.7 Å². The summed E-state index contributed by atoms with van der Waals surface area (Å²) in [5, 5.41) is 21.7. The number of rotatable bonds is 18. The Kier molecular flexibility index (Phi) is 14.2. The van der Waals surface area contributed by atoms with E-state index in [1.54, 1.807) is 0 Å². The van der Waals surface area contributed by atoms with Gasteiger partial charge in [-0.05, 0) is 46.2 Å². The SMILES string of the molecule is CCCCCC(O)c1cccc(C(SOSC(c2ccccc2)c2cccc(C(O)CCCCC)c2)c2ccccc2)c1. The van der Waals surface area contributed by atoms with Crippen molar-refractivity contribution in [2.45, 2.75) is 87.9 Å². The molecule has 4 aromatic rings. The second-order valence-electron chi connectivity index (χ2n) is 11.2. The van der Waals surface area contributed by atoms with Crippen LogP contribution >= 0.6 is 24.1 Å². The molecule has 0 amide bonds. The second kappa shape index (κ2) is 18.3. The van der Waals surface area contributed by atoms with Crippen LogP contribution in [0.4, 0.5) is 0 Å². The van der Waals surface area contributed by atoms with Crippen LogP contribution in [-0.2, 0) is 3.63 Å². The molecule has 5 heteroatoms. The third kappa shape index (κ3) is 10.3. The minimum Gasteiger partial charge on any atom is -0.388 e. The molecule has 0 aliphatic rings. The Morgan fingerprint density at radius 2 is 0.860 bits per heavy atom. The summed E-state index contributed by atoms with van der Waals surface area (Å²) in [5.41, 5.74) is 6.44. The second-order valence-corrected chi connectivity index (χ2v) is 13.1. The molecule has 0 spiro atoms. The van der Waals surface area contributed by atoms with Gasteiger partial charge in [-0.1, -0.05) is 162 Å². The molecule has 0 heterocycles. The molecule has 0 saturated heterocycles. The fourth-order valence-electron chi connectivity index (χ4n) is 5.33. The Morgan fingerprint density at radius 3 is 1.26 bits per heavy atom. The standard InChI is InChI=1S/C38H46O3S2/c1-3-5-9-25-35(39)31-21-15-23-33(27-31)37(29-17-11-7-12-18-29)42-41-43-38(30-19-13-8-14-20-30)34-24-16-22-32(28-34)36(40)26-10-6-4-2/h7-8,11-24,27-28,35-40H,3-6,9-10,25-26H2,1-2H3. The fraction of sp³-hybridized carbons (Fsp3) is 0.368. The van der Waals surface area contributed by atoms with Gasteiger partial charge in [-0.3, -0.25) is 0 Å². The van der Waals surface area contributed by atoms with Gasteiger partial charge in [-0.15, -0.1) is 0 Å². The van der Waals surface area contributed by atoms with Crippen LogP contribution in [0.2, 0.25) is 0 Å². The third-order valence-electron chi connectivity index (χ3n) is 7.83. The van der Waals surface area contributed by atoms with Crippen LogP contribution in [0.25, 0.3) is 0 Å². The largest absolute Gasteiger partial charge is 0.388 e. The van der Waals surface area contributed by atoms with Gasteiger partial charge in [0.1, 0.15) is 0 Å². The van der Waals surface area contributed by atoms with E-state index >= 15 is 0 Å². The minimum atomic E-state index is -0.463. The van der Waals surface area contributed by atoms with Gasteiger partial charge in [-0.25, -0.2) is 3.63 Å². The van der Waals surface area contributed by atoms with Crippen molar-refractivity contribution >= 4 is 24.1 Å². The van der Waals surface area contributed by atoms with E-state index in [0.29, 0.717) is 0 Å². The van der Waals surface area contributed by atoms with E-state index in [1.165, 1.54) is 24.1 Å². The lowest BCUT2D eigenvalue weighted by molar-refractivity contribution is 0.163. The van der Waals surface area contributed by atoms with Crippen molar-refractivity contribution in [1.29, 1.82) is 0 Å². The average molecular weight is 615 g/mol. The highest BCUT2D eigenvalue weighted by molar-refractivity contribution is 8.08. The highest BCUT2D eigenvalue weighted by Gasteiger charge is 2.22. The van der Waals surface area contributed by atoms with Crippen LogP contribution in [-0.4, -0.2) is 10.2 Å². The molecule has 0 saturated carbocycles. The summed E-state index contributed by atoms with van der Waals surface area (Å²) >= 11 is 2.89. The first-order chi connectivity index (χ1) is 21.1. The van der Waals surface area contributed by atoms with Gasteiger partial charge in [-0.2, -0.15) is 0 Å². The molecule has 3 nitrogen and oxygen atoms in total. The Labute approximate surface area is 267 Å². The van der Waals surface area contributed by atoms with E-state index in [4.69, 9.17) is 3.63 Å². The molecule has 0 fully saturated rings. The van der Waals surface area contributed by atoms with Gasteiger partial charge < -0.3 is 10.2 Å². The predicted octanol–water partition coefficient (Wildman–Crippen LogP) is 11.1. The van der Waals surface area contributed by atoms with E-state index in [1.807, 2.05) is 36.4 Å². The number of hydrogen-bond acceptors (Lipinski definition) is 5. The smallest absolute Gasteiger partial charge is 0.0823 e. The maximum Gasteiger partial charge on any atom is 0.0823 e.